The van der Waals surface area contributed by atoms with Gasteiger partial charge in [0.1, 0.15) is 11.5 Å². The van der Waals surface area contributed by atoms with Crippen LogP contribution in [0.3, 0.4) is 0 Å². The molecule has 0 amide bonds. The SMILES string of the molecule is CC(C)C1c2cccc(P(c3ccccc3)c3ccccc3)c2Oc2c1cccc2P(c1ccccc1)c1ccccc1. The van der Waals surface area contributed by atoms with Crippen LogP contribution < -0.4 is 36.6 Å². The number of benzene rings is 6. The summed E-state index contributed by atoms with van der Waals surface area (Å²) >= 11 is 0. The molecule has 210 valence electrons. The van der Waals surface area contributed by atoms with E-state index < -0.39 is 15.8 Å². The van der Waals surface area contributed by atoms with Crippen LogP contribution in [0.1, 0.15) is 30.9 Å². The van der Waals surface area contributed by atoms with Crippen LogP contribution in [0.4, 0.5) is 0 Å². The molecule has 0 unspecified atom stereocenters. The second-order valence-electron chi connectivity index (χ2n) is 11.2. The predicted molar refractivity (Wildman–Crippen MR) is 187 cm³/mol. The van der Waals surface area contributed by atoms with Crippen LogP contribution in [0, 0.1) is 5.92 Å². The molecule has 0 aromatic heterocycles. The number of fused-ring (bicyclic) bond motifs is 2. The van der Waals surface area contributed by atoms with Crippen LogP contribution in [0.25, 0.3) is 0 Å². The van der Waals surface area contributed by atoms with Crippen molar-refractivity contribution in [3.05, 3.63) is 169 Å². The fraction of sp³-hybridized carbons (Fsp3) is 0.100. The summed E-state index contributed by atoms with van der Waals surface area (Å²) in [5.41, 5.74) is 2.58. The lowest BCUT2D eigenvalue weighted by Gasteiger charge is -2.35. The summed E-state index contributed by atoms with van der Waals surface area (Å²) in [6.07, 6.45) is 0. The molecule has 0 aliphatic carbocycles. The summed E-state index contributed by atoms with van der Waals surface area (Å²) in [5, 5.41) is 7.88. The monoisotopic (exact) mass is 592 g/mol. The molecule has 6 aromatic carbocycles. The highest BCUT2D eigenvalue weighted by atomic mass is 31.1. The molecule has 3 heteroatoms. The number of rotatable bonds is 7. The van der Waals surface area contributed by atoms with Crippen molar-refractivity contribution in [3.63, 3.8) is 0 Å². The zero-order valence-electron chi connectivity index (χ0n) is 24.5. The third-order valence-corrected chi connectivity index (χ3v) is 13.1. The van der Waals surface area contributed by atoms with Gasteiger partial charge in [0.25, 0.3) is 0 Å². The highest BCUT2D eigenvalue weighted by Gasteiger charge is 2.36. The van der Waals surface area contributed by atoms with Crippen molar-refractivity contribution in [3.8, 4) is 11.5 Å². The number of hydrogen-bond donors (Lipinski definition) is 0. The average molecular weight is 593 g/mol. The molecule has 1 aliphatic rings. The minimum absolute atomic E-state index is 0.241. The molecule has 0 N–H and O–H groups in total. The van der Waals surface area contributed by atoms with E-state index in [2.05, 4.69) is 172 Å². The first-order valence-corrected chi connectivity index (χ1v) is 17.6. The molecule has 0 spiro atoms. The van der Waals surface area contributed by atoms with Crippen molar-refractivity contribution in [2.24, 2.45) is 5.92 Å². The first-order valence-electron chi connectivity index (χ1n) is 14.9. The van der Waals surface area contributed by atoms with Crippen LogP contribution in [0.5, 0.6) is 11.5 Å². The molecule has 0 bridgehead atoms. The molecule has 1 aliphatic heterocycles. The lowest BCUT2D eigenvalue weighted by Crippen LogP contribution is -2.29. The van der Waals surface area contributed by atoms with Crippen molar-refractivity contribution in [2.45, 2.75) is 19.8 Å². The van der Waals surface area contributed by atoms with Crippen molar-refractivity contribution in [1.29, 1.82) is 0 Å². The maximum absolute atomic E-state index is 7.30. The Hall–Kier alpha value is -4.02. The fourth-order valence-electron chi connectivity index (χ4n) is 6.30. The van der Waals surface area contributed by atoms with Crippen LogP contribution in [-0.2, 0) is 0 Å². The van der Waals surface area contributed by atoms with Gasteiger partial charge in [-0.05, 0) is 43.0 Å². The second kappa shape index (κ2) is 12.3. The van der Waals surface area contributed by atoms with Gasteiger partial charge in [0, 0.05) is 27.7 Å². The second-order valence-corrected chi connectivity index (χ2v) is 15.6. The van der Waals surface area contributed by atoms with Gasteiger partial charge in [-0.1, -0.05) is 172 Å². The van der Waals surface area contributed by atoms with E-state index in [0.29, 0.717) is 5.92 Å². The molecule has 0 saturated heterocycles. The Kier molecular flexibility index (Phi) is 7.95. The first-order chi connectivity index (χ1) is 21.2. The highest BCUT2D eigenvalue weighted by Crippen LogP contribution is 2.51. The Morgan fingerprint density at radius 2 is 0.744 bits per heavy atom. The van der Waals surface area contributed by atoms with E-state index in [9.17, 15) is 0 Å². The highest BCUT2D eigenvalue weighted by molar-refractivity contribution is 7.80. The van der Waals surface area contributed by atoms with E-state index >= 15 is 0 Å². The zero-order chi connectivity index (χ0) is 29.2. The van der Waals surface area contributed by atoms with Gasteiger partial charge in [0.15, 0.2) is 0 Å². The molecule has 0 radical (unpaired) electrons. The van der Waals surface area contributed by atoms with Gasteiger partial charge in [-0.15, -0.1) is 0 Å². The summed E-state index contributed by atoms with van der Waals surface area (Å²) < 4.78 is 7.30. The van der Waals surface area contributed by atoms with Crippen LogP contribution in [-0.4, -0.2) is 0 Å². The third-order valence-electron chi connectivity index (χ3n) is 8.13. The van der Waals surface area contributed by atoms with Crippen LogP contribution in [0.2, 0.25) is 0 Å². The van der Waals surface area contributed by atoms with Gasteiger partial charge < -0.3 is 4.74 Å². The predicted octanol–water partition coefficient (Wildman–Crippen LogP) is 8.10. The smallest absolute Gasteiger partial charge is 0.139 e. The molecule has 6 aromatic rings. The standard InChI is InChI=1S/C40H34OP2/c1-29(2)38-34-25-15-27-36(42(30-17-7-3-8-18-30)31-19-9-4-10-20-31)39(34)41-40-35(38)26-16-28-37(40)43(32-21-11-5-12-22-32)33-23-13-6-14-24-33/h3-29,38H,1-2H3. The molecule has 0 fully saturated rings. The fourth-order valence-corrected chi connectivity index (χ4v) is 11.1. The average Bonchev–Trinajstić information content (AvgIpc) is 3.06. The summed E-state index contributed by atoms with van der Waals surface area (Å²) in [5.74, 6) is 2.73. The lowest BCUT2D eigenvalue weighted by atomic mass is 9.80. The largest absolute Gasteiger partial charge is 0.455 e. The van der Waals surface area contributed by atoms with Crippen molar-refractivity contribution in [1.82, 2.24) is 0 Å². The molecular weight excluding hydrogens is 558 g/mol. The Bertz CT molecular complexity index is 1610. The Labute approximate surface area is 257 Å². The van der Waals surface area contributed by atoms with Gasteiger partial charge in [0.05, 0.1) is 0 Å². The van der Waals surface area contributed by atoms with E-state index in [1.165, 1.54) is 43.0 Å². The number of ether oxygens (including phenoxy) is 1. The van der Waals surface area contributed by atoms with Crippen LogP contribution >= 0.6 is 15.8 Å². The molecule has 1 nitrogen and oxygen atoms in total. The first kappa shape index (κ1) is 27.8. The molecule has 0 saturated carbocycles. The molecule has 1 heterocycles. The zero-order valence-corrected chi connectivity index (χ0v) is 26.3. The minimum Gasteiger partial charge on any atom is -0.455 e. The van der Waals surface area contributed by atoms with E-state index in [-0.39, 0.29) is 5.92 Å². The topological polar surface area (TPSA) is 9.23 Å². The van der Waals surface area contributed by atoms with E-state index in [1.807, 2.05) is 0 Å². The number of para-hydroxylation sites is 2. The van der Waals surface area contributed by atoms with Gasteiger partial charge in [-0.25, -0.2) is 0 Å². The number of hydrogen-bond acceptors (Lipinski definition) is 1. The van der Waals surface area contributed by atoms with Gasteiger partial charge in [0.2, 0.25) is 0 Å². The molecular formula is C40H34OP2. The maximum Gasteiger partial charge on any atom is 0.139 e. The van der Waals surface area contributed by atoms with Crippen molar-refractivity contribution >= 4 is 47.7 Å². The maximum atomic E-state index is 7.30. The third kappa shape index (κ3) is 5.34. The van der Waals surface area contributed by atoms with Crippen molar-refractivity contribution in [2.75, 3.05) is 0 Å². The van der Waals surface area contributed by atoms with Crippen molar-refractivity contribution < 1.29 is 4.74 Å². The molecule has 0 atom stereocenters. The minimum atomic E-state index is -0.821. The van der Waals surface area contributed by atoms with E-state index in [4.69, 9.17) is 4.74 Å². The van der Waals surface area contributed by atoms with E-state index in [1.54, 1.807) is 0 Å². The van der Waals surface area contributed by atoms with Gasteiger partial charge in [-0.3, -0.25) is 0 Å². The van der Waals surface area contributed by atoms with Gasteiger partial charge in [-0.2, -0.15) is 0 Å². The summed E-state index contributed by atoms with van der Waals surface area (Å²) in [7, 11) is -1.64. The van der Waals surface area contributed by atoms with Crippen LogP contribution in [0.15, 0.2) is 158 Å². The summed E-state index contributed by atoms with van der Waals surface area (Å²) in [4.78, 5) is 0. The Morgan fingerprint density at radius 3 is 1.05 bits per heavy atom. The van der Waals surface area contributed by atoms with Gasteiger partial charge >= 0.3 is 0 Å². The molecule has 43 heavy (non-hydrogen) atoms. The normalized spacial score (nSPS) is 12.7. The summed E-state index contributed by atoms with van der Waals surface area (Å²) in [6, 6.07) is 57.4. The Morgan fingerprint density at radius 1 is 0.419 bits per heavy atom. The van der Waals surface area contributed by atoms with E-state index in [0.717, 1.165) is 11.5 Å². The quantitative estimate of drug-likeness (QED) is 0.170. The Balaban J connectivity index is 1.46. The lowest BCUT2D eigenvalue weighted by molar-refractivity contribution is 0.426. The molecule has 7 rings (SSSR count). The summed E-state index contributed by atoms with van der Waals surface area (Å²) in [6.45, 7) is 4.69.